The van der Waals surface area contributed by atoms with Crippen LogP contribution in [0.5, 0.6) is 5.75 Å². The Morgan fingerprint density at radius 1 is 1.07 bits per heavy atom. The third-order valence-corrected chi connectivity index (χ3v) is 7.33. The van der Waals surface area contributed by atoms with Gasteiger partial charge in [0, 0.05) is 5.56 Å². The van der Waals surface area contributed by atoms with Crippen LogP contribution in [0.1, 0.15) is 83.6 Å². The van der Waals surface area contributed by atoms with Crippen molar-refractivity contribution in [3.63, 3.8) is 0 Å². The van der Waals surface area contributed by atoms with Gasteiger partial charge in [-0.3, -0.25) is 0 Å². The van der Waals surface area contributed by atoms with E-state index in [-0.39, 0.29) is 10.8 Å². The van der Waals surface area contributed by atoms with Crippen LogP contribution in [0.25, 0.3) is 0 Å². The molecule has 0 aliphatic heterocycles. The first kappa shape index (κ1) is 20.9. The Morgan fingerprint density at radius 3 is 2.30 bits per heavy atom. The normalized spacial score (nSPS) is 31.7. The van der Waals surface area contributed by atoms with Crippen molar-refractivity contribution in [3.05, 3.63) is 28.5 Å². The summed E-state index contributed by atoms with van der Waals surface area (Å²) in [6.07, 6.45) is 11.4. The lowest BCUT2D eigenvalue weighted by Gasteiger charge is -2.41. The molecule has 4 heteroatoms. The highest BCUT2D eigenvalue weighted by atomic mass is 35.5. The summed E-state index contributed by atoms with van der Waals surface area (Å²) in [5.74, 6) is 2.03. The maximum atomic E-state index is 14.5. The second-order valence-electron chi connectivity index (χ2n) is 8.61. The molecule has 1 aromatic carbocycles. The smallest absolute Gasteiger partial charge is 0.183 e. The van der Waals surface area contributed by atoms with Gasteiger partial charge in [-0.05, 0) is 69.3 Å². The molecule has 0 unspecified atom stereocenters. The van der Waals surface area contributed by atoms with E-state index in [9.17, 15) is 9.50 Å². The average molecular weight is 397 g/mol. The minimum absolute atomic E-state index is 0.0157. The van der Waals surface area contributed by atoms with E-state index in [0.717, 1.165) is 24.7 Å². The predicted molar refractivity (Wildman–Crippen MR) is 109 cm³/mol. The fourth-order valence-electron chi connectivity index (χ4n) is 5.37. The minimum atomic E-state index is -1.02. The molecular weight excluding hydrogens is 363 g/mol. The van der Waals surface area contributed by atoms with Crippen molar-refractivity contribution in [3.8, 4) is 5.75 Å². The van der Waals surface area contributed by atoms with Gasteiger partial charge in [-0.1, -0.05) is 50.3 Å². The van der Waals surface area contributed by atoms with Crippen LogP contribution in [0.2, 0.25) is 5.02 Å². The number of hydrogen-bond donors (Lipinski definition) is 1. The van der Waals surface area contributed by atoms with Crippen molar-refractivity contribution >= 4 is 11.6 Å². The number of rotatable bonds is 6. The monoisotopic (exact) mass is 396 g/mol. The maximum Gasteiger partial charge on any atom is 0.183 e. The zero-order valence-corrected chi connectivity index (χ0v) is 17.5. The van der Waals surface area contributed by atoms with E-state index in [1.165, 1.54) is 38.5 Å². The van der Waals surface area contributed by atoms with Gasteiger partial charge >= 0.3 is 0 Å². The van der Waals surface area contributed by atoms with Gasteiger partial charge in [0.25, 0.3) is 0 Å². The Bertz CT molecular complexity index is 617. The van der Waals surface area contributed by atoms with Gasteiger partial charge in [0.15, 0.2) is 11.6 Å². The maximum absolute atomic E-state index is 14.5. The van der Waals surface area contributed by atoms with Crippen molar-refractivity contribution in [2.24, 2.45) is 17.8 Å². The third-order valence-electron chi connectivity index (χ3n) is 6.96. The minimum Gasteiger partial charge on any atom is -0.491 e. The molecule has 0 bridgehead atoms. The van der Waals surface area contributed by atoms with E-state index in [1.807, 2.05) is 6.92 Å². The third kappa shape index (κ3) is 4.62. The van der Waals surface area contributed by atoms with E-state index < -0.39 is 11.4 Å². The summed E-state index contributed by atoms with van der Waals surface area (Å²) in [7, 11) is 0. The quantitative estimate of drug-likeness (QED) is 0.568. The van der Waals surface area contributed by atoms with Gasteiger partial charge in [-0.2, -0.15) is 0 Å². The predicted octanol–water partition coefficient (Wildman–Crippen LogP) is 6.86. The molecule has 0 atom stereocenters. The fraction of sp³-hybridized carbons (Fsp3) is 0.739. The highest BCUT2D eigenvalue weighted by Crippen LogP contribution is 2.48. The molecule has 2 aliphatic rings. The zero-order valence-electron chi connectivity index (χ0n) is 16.8. The van der Waals surface area contributed by atoms with Gasteiger partial charge in [-0.15, -0.1) is 0 Å². The van der Waals surface area contributed by atoms with E-state index in [1.54, 1.807) is 12.1 Å². The first-order valence-electron chi connectivity index (χ1n) is 10.8. The second-order valence-corrected chi connectivity index (χ2v) is 8.99. The topological polar surface area (TPSA) is 29.5 Å². The van der Waals surface area contributed by atoms with Crippen LogP contribution >= 0.6 is 11.6 Å². The summed E-state index contributed by atoms with van der Waals surface area (Å²) in [5, 5.41) is 11.2. The molecule has 152 valence electrons. The van der Waals surface area contributed by atoms with E-state index in [2.05, 4.69) is 6.92 Å². The number of halogens is 2. The molecule has 0 saturated heterocycles. The SMILES string of the molecule is CCCC1CCC([C@H]2CC[C@](O)(c3ccc(OCC)c(F)c3Cl)CC2)CC1. The standard InChI is InChI=1S/C23H34ClFO2/c1-3-5-16-6-8-17(9-7-16)18-12-14-23(26,15-13-18)19-10-11-20(27-4-2)22(25)21(19)24/h10-11,16-18,26H,3-9,12-15H2,1-2H3/t16?,17?,18-,23+. The molecule has 3 rings (SSSR count). The zero-order chi connectivity index (χ0) is 19.4. The van der Waals surface area contributed by atoms with Gasteiger partial charge in [0.1, 0.15) is 0 Å². The molecule has 1 N–H and O–H groups in total. The lowest BCUT2D eigenvalue weighted by Crippen LogP contribution is -2.35. The summed E-state index contributed by atoms with van der Waals surface area (Å²) < 4.78 is 19.7. The van der Waals surface area contributed by atoms with Crippen molar-refractivity contribution in [1.82, 2.24) is 0 Å². The summed E-state index contributed by atoms with van der Waals surface area (Å²) in [6.45, 7) is 4.48. The van der Waals surface area contributed by atoms with Crippen molar-refractivity contribution in [1.29, 1.82) is 0 Å². The average Bonchev–Trinajstić information content (AvgIpc) is 2.67. The summed E-state index contributed by atoms with van der Waals surface area (Å²) in [5.41, 5.74) is -0.492. The number of aliphatic hydroxyl groups is 1. The molecule has 0 radical (unpaired) electrons. The van der Waals surface area contributed by atoms with Crippen LogP contribution in [-0.4, -0.2) is 11.7 Å². The fourth-order valence-corrected chi connectivity index (χ4v) is 5.71. The molecule has 2 saturated carbocycles. The van der Waals surface area contributed by atoms with Crippen molar-refractivity contribution < 1.29 is 14.2 Å². The molecule has 2 nitrogen and oxygen atoms in total. The summed E-state index contributed by atoms with van der Waals surface area (Å²) in [6, 6.07) is 3.34. The molecule has 2 aliphatic carbocycles. The van der Waals surface area contributed by atoms with Crippen LogP contribution in [0.4, 0.5) is 4.39 Å². The van der Waals surface area contributed by atoms with Gasteiger partial charge in [0.05, 0.1) is 17.2 Å². The number of hydrogen-bond acceptors (Lipinski definition) is 2. The van der Waals surface area contributed by atoms with Gasteiger partial charge < -0.3 is 9.84 Å². The van der Waals surface area contributed by atoms with Gasteiger partial charge in [-0.25, -0.2) is 4.39 Å². The first-order valence-corrected chi connectivity index (χ1v) is 11.2. The lowest BCUT2D eigenvalue weighted by molar-refractivity contribution is -0.0262. The molecule has 0 heterocycles. The Hall–Kier alpha value is -0.800. The van der Waals surface area contributed by atoms with Crippen LogP contribution < -0.4 is 4.74 Å². The molecule has 0 amide bonds. The summed E-state index contributed by atoms with van der Waals surface area (Å²) in [4.78, 5) is 0. The molecule has 2 fully saturated rings. The second kappa shape index (κ2) is 9.13. The van der Waals surface area contributed by atoms with Crippen LogP contribution in [0.3, 0.4) is 0 Å². The molecule has 0 aromatic heterocycles. The molecule has 27 heavy (non-hydrogen) atoms. The Balaban J connectivity index is 1.62. The lowest BCUT2D eigenvalue weighted by atomic mass is 9.66. The van der Waals surface area contributed by atoms with E-state index in [0.29, 0.717) is 30.9 Å². The van der Waals surface area contributed by atoms with Crippen molar-refractivity contribution in [2.75, 3.05) is 6.61 Å². The van der Waals surface area contributed by atoms with Crippen LogP contribution in [0, 0.1) is 23.6 Å². The summed E-state index contributed by atoms with van der Waals surface area (Å²) >= 11 is 6.27. The highest BCUT2D eigenvalue weighted by molar-refractivity contribution is 6.31. The highest BCUT2D eigenvalue weighted by Gasteiger charge is 2.40. The number of ether oxygens (including phenoxy) is 1. The van der Waals surface area contributed by atoms with E-state index in [4.69, 9.17) is 16.3 Å². The van der Waals surface area contributed by atoms with Gasteiger partial charge in [0.2, 0.25) is 0 Å². The van der Waals surface area contributed by atoms with Crippen LogP contribution in [0.15, 0.2) is 12.1 Å². The molecule has 1 aromatic rings. The first-order chi connectivity index (χ1) is 13.0. The van der Waals surface area contributed by atoms with E-state index >= 15 is 0 Å². The van der Waals surface area contributed by atoms with Crippen LogP contribution in [-0.2, 0) is 5.60 Å². The Kier molecular flexibility index (Phi) is 7.08. The molecular formula is C23H34ClFO2. The van der Waals surface area contributed by atoms with Crippen molar-refractivity contribution in [2.45, 2.75) is 83.7 Å². The Morgan fingerprint density at radius 2 is 1.70 bits per heavy atom. The number of benzene rings is 1. The largest absolute Gasteiger partial charge is 0.491 e. The molecule has 0 spiro atoms. The Labute approximate surface area is 168 Å².